The summed E-state index contributed by atoms with van der Waals surface area (Å²) in [4.78, 5) is 3.71. The topological polar surface area (TPSA) is 3.24 Å². The standard InChI is InChI=1S/C46H27NS3/c1-4-10-41-31(7-1)27-44(48-41)28-13-17-34(18-14-28)47(35-19-15-29-25-45-39(23-32(29)21-35)37-8-2-5-11-42(37)49-45)36-20-16-30-26-46-40(24-33(30)22-36)38-9-3-6-12-43(38)50-46/h1-27H. The lowest BCUT2D eigenvalue weighted by Crippen LogP contribution is -2.09. The minimum absolute atomic E-state index is 1.14. The van der Waals surface area contributed by atoms with E-state index in [4.69, 9.17) is 0 Å². The first-order valence-electron chi connectivity index (χ1n) is 16.8. The summed E-state index contributed by atoms with van der Waals surface area (Å²) in [6.07, 6.45) is 0. The number of fused-ring (bicyclic) bond motifs is 9. The Morgan fingerprint density at radius 2 is 0.820 bits per heavy atom. The molecular formula is C46H27NS3. The quantitative estimate of drug-likeness (QED) is 0.178. The van der Waals surface area contributed by atoms with Crippen molar-refractivity contribution >= 4 is 123 Å². The van der Waals surface area contributed by atoms with Crippen molar-refractivity contribution in [3.63, 3.8) is 0 Å². The molecule has 3 aromatic heterocycles. The van der Waals surface area contributed by atoms with Crippen molar-refractivity contribution in [1.29, 1.82) is 0 Å². The van der Waals surface area contributed by atoms with Crippen LogP contribution in [0.5, 0.6) is 0 Å². The Balaban J connectivity index is 1.09. The molecule has 4 heteroatoms. The molecule has 1 nitrogen and oxygen atoms in total. The van der Waals surface area contributed by atoms with Gasteiger partial charge < -0.3 is 4.90 Å². The maximum absolute atomic E-state index is 2.42. The zero-order chi connectivity index (χ0) is 32.8. The fraction of sp³-hybridized carbons (Fsp3) is 0. The van der Waals surface area contributed by atoms with E-state index in [0.29, 0.717) is 0 Å². The highest BCUT2D eigenvalue weighted by atomic mass is 32.1. The number of hydrogen-bond donors (Lipinski definition) is 0. The lowest BCUT2D eigenvalue weighted by molar-refractivity contribution is 1.30. The largest absolute Gasteiger partial charge is 0.310 e. The smallest absolute Gasteiger partial charge is 0.0468 e. The van der Waals surface area contributed by atoms with E-state index in [1.807, 2.05) is 34.0 Å². The first-order valence-corrected chi connectivity index (χ1v) is 19.3. The Morgan fingerprint density at radius 1 is 0.300 bits per heavy atom. The summed E-state index contributed by atoms with van der Waals surface area (Å²) in [6.45, 7) is 0. The molecule has 0 aliphatic heterocycles. The van der Waals surface area contributed by atoms with Crippen LogP contribution in [0.3, 0.4) is 0 Å². The van der Waals surface area contributed by atoms with Crippen LogP contribution in [0.4, 0.5) is 17.1 Å². The summed E-state index contributed by atoms with van der Waals surface area (Å²) in [5.41, 5.74) is 4.67. The zero-order valence-corrected chi connectivity index (χ0v) is 29.2. The average Bonchev–Trinajstić information content (AvgIpc) is 3.86. The van der Waals surface area contributed by atoms with Gasteiger partial charge in [-0.2, -0.15) is 0 Å². The predicted octanol–water partition coefficient (Wildman–Crippen LogP) is 15.1. The van der Waals surface area contributed by atoms with Gasteiger partial charge in [-0.3, -0.25) is 0 Å². The molecule has 11 rings (SSSR count). The summed E-state index contributed by atoms with van der Waals surface area (Å²) >= 11 is 5.60. The van der Waals surface area contributed by atoms with E-state index in [-0.39, 0.29) is 0 Å². The van der Waals surface area contributed by atoms with Gasteiger partial charge in [0.2, 0.25) is 0 Å². The molecule has 0 radical (unpaired) electrons. The Morgan fingerprint density at radius 3 is 1.40 bits per heavy atom. The third-order valence-corrected chi connectivity index (χ3v) is 13.4. The van der Waals surface area contributed by atoms with Gasteiger partial charge in [0.25, 0.3) is 0 Å². The predicted molar refractivity (Wildman–Crippen MR) is 223 cm³/mol. The van der Waals surface area contributed by atoms with Gasteiger partial charge in [0.1, 0.15) is 0 Å². The summed E-state index contributed by atoms with van der Waals surface area (Å²) < 4.78 is 6.66. The first-order chi connectivity index (χ1) is 24.7. The molecule has 0 unspecified atom stereocenters. The van der Waals surface area contributed by atoms with E-state index in [9.17, 15) is 0 Å². The molecule has 50 heavy (non-hydrogen) atoms. The minimum atomic E-state index is 1.14. The number of benzene rings is 8. The van der Waals surface area contributed by atoms with Gasteiger partial charge in [-0.05, 0) is 117 Å². The SMILES string of the molecule is c1ccc2sc(-c3ccc(N(c4ccc5cc6sc7ccccc7c6cc5c4)c4ccc5cc6sc7ccccc7c6cc5c4)cc3)cc2c1. The van der Waals surface area contributed by atoms with Crippen LogP contribution in [-0.2, 0) is 0 Å². The summed E-state index contributed by atoms with van der Waals surface area (Å²) in [6, 6.07) is 60.9. The Labute approximate surface area is 300 Å². The van der Waals surface area contributed by atoms with Crippen LogP contribution in [-0.4, -0.2) is 0 Å². The van der Waals surface area contributed by atoms with E-state index in [1.54, 1.807) is 0 Å². The Hall–Kier alpha value is -5.52. The molecule has 8 aromatic carbocycles. The first kappa shape index (κ1) is 28.3. The zero-order valence-electron chi connectivity index (χ0n) is 26.8. The van der Waals surface area contributed by atoms with Gasteiger partial charge in [-0.15, -0.1) is 34.0 Å². The lowest BCUT2D eigenvalue weighted by Gasteiger charge is -2.26. The third kappa shape index (κ3) is 4.50. The van der Waals surface area contributed by atoms with Crippen LogP contribution in [0.2, 0.25) is 0 Å². The average molecular weight is 690 g/mol. The molecule has 0 N–H and O–H groups in total. The van der Waals surface area contributed by atoms with Crippen molar-refractivity contribution in [2.45, 2.75) is 0 Å². The second-order valence-electron chi connectivity index (χ2n) is 13.0. The van der Waals surface area contributed by atoms with Crippen molar-refractivity contribution in [1.82, 2.24) is 0 Å². The van der Waals surface area contributed by atoms with Gasteiger partial charge in [-0.25, -0.2) is 0 Å². The van der Waals surface area contributed by atoms with E-state index in [0.717, 1.165) is 17.1 Å². The van der Waals surface area contributed by atoms with Crippen LogP contribution in [0.15, 0.2) is 164 Å². The van der Waals surface area contributed by atoms with Crippen molar-refractivity contribution in [3.8, 4) is 10.4 Å². The molecule has 0 aliphatic rings. The number of nitrogens with zero attached hydrogens (tertiary/aromatic N) is 1. The normalized spacial score (nSPS) is 12.0. The number of anilines is 3. The van der Waals surface area contributed by atoms with Gasteiger partial charge >= 0.3 is 0 Å². The molecule has 11 aromatic rings. The second-order valence-corrected chi connectivity index (χ2v) is 16.2. The molecule has 0 saturated carbocycles. The molecule has 0 spiro atoms. The summed E-state index contributed by atoms with van der Waals surface area (Å²) in [7, 11) is 0. The van der Waals surface area contributed by atoms with Crippen LogP contribution < -0.4 is 4.90 Å². The van der Waals surface area contributed by atoms with Crippen molar-refractivity contribution < 1.29 is 0 Å². The van der Waals surface area contributed by atoms with E-state index < -0.39 is 0 Å². The van der Waals surface area contributed by atoms with Crippen LogP contribution in [0.25, 0.3) is 82.4 Å². The molecule has 0 saturated heterocycles. The second kappa shape index (κ2) is 11.0. The summed E-state index contributed by atoms with van der Waals surface area (Å²) in [5.74, 6) is 0. The third-order valence-electron chi connectivity index (χ3n) is 9.99. The van der Waals surface area contributed by atoms with Gasteiger partial charge in [0.05, 0.1) is 0 Å². The number of thiophene rings is 3. The Kier molecular flexibility index (Phi) is 6.23. The van der Waals surface area contributed by atoms with Gasteiger partial charge in [0.15, 0.2) is 0 Å². The maximum Gasteiger partial charge on any atom is 0.0468 e. The number of hydrogen-bond acceptors (Lipinski definition) is 4. The highest BCUT2D eigenvalue weighted by molar-refractivity contribution is 7.26. The molecule has 0 amide bonds. The molecular weight excluding hydrogens is 663 g/mol. The molecule has 3 heterocycles. The lowest BCUT2D eigenvalue weighted by atomic mass is 10.0. The molecule has 234 valence electrons. The molecule has 0 aliphatic carbocycles. The summed E-state index contributed by atoms with van der Waals surface area (Å²) in [5, 5.41) is 11.6. The fourth-order valence-electron chi connectivity index (χ4n) is 7.54. The maximum atomic E-state index is 2.42. The minimum Gasteiger partial charge on any atom is -0.310 e. The molecule has 0 bridgehead atoms. The van der Waals surface area contributed by atoms with E-state index >= 15 is 0 Å². The van der Waals surface area contributed by atoms with Crippen LogP contribution in [0.1, 0.15) is 0 Å². The van der Waals surface area contributed by atoms with Crippen LogP contribution in [0, 0.1) is 0 Å². The monoisotopic (exact) mass is 689 g/mol. The molecule has 0 fully saturated rings. The van der Waals surface area contributed by atoms with Crippen molar-refractivity contribution in [2.24, 2.45) is 0 Å². The van der Waals surface area contributed by atoms with E-state index in [1.165, 1.54) is 82.4 Å². The van der Waals surface area contributed by atoms with Crippen molar-refractivity contribution in [3.05, 3.63) is 164 Å². The van der Waals surface area contributed by atoms with Crippen molar-refractivity contribution in [2.75, 3.05) is 4.90 Å². The van der Waals surface area contributed by atoms with Gasteiger partial charge in [0, 0.05) is 67.0 Å². The van der Waals surface area contributed by atoms with Crippen LogP contribution >= 0.6 is 34.0 Å². The van der Waals surface area contributed by atoms with Gasteiger partial charge in [-0.1, -0.05) is 78.9 Å². The number of rotatable bonds is 4. The highest BCUT2D eigenvalue weighted by Gasteiger charge is 2.16. The molecule has 0 atom stereocenters. The van der Waals surface area contributed by atoms with E-state index in [2.05, 4.69) is 169 Å². The fourth-order valence-corrected chi connectivity index (χ4v) is 10.9. The Bertz CT molecular complexity index is 2920. The highest BCUT2D eigenvalue weighted by Crippen LogP contribution is 2.43.